The predicted molar refractivity (Wildman–Crippen MR) is 88.9 cm³/mol. The molecule has 1 amide bonds. The van der Waals surface area contributed by atoms with Crippen molar-refractivity contribution in [3.63, 3.8) is 0 Å². The Morgan fingerprint density at radius 3 is 2.86 bits per heavy atom. The van der Waals surface area contributed by atoms with Gasteiger partial charge in [0.15, 0.2) is 0 Å². The monoisotopic (exact) mass is 320 g/mol. The number of carbonyl (C=O) groups excluding carboxylic acids is 2. The van der Waals surface area contributed by atoms with E-state index in [2.05, 4.69) is 10.3 Å². The van der Waals surface area contributed by atoms with Crippen molar-refractivity contribution >= 4 is 34.5 Å². The topological polar surface area (TPSA) is 71.2 Å². The van der Waals surface area contributed by atoms with Gasteiger partial charge in [0, 0.05) is 17.1 Å². The van der Waals surface area contributed by atoms with Crippen LogP contribution in [0.2, 0.25) is 0 Å². The maximum absolute atomic E-state index is 12.2. The fourth-order valence-electron chi connectivity index (χ4n) is 2.32. The molecule has 5 nitrogen and oxygen atoms in total. The number of methoxy groups -OCH3 is 1. The molecule has 2 N–H and O–H groups in total. The van der Waals surface area contributed by atoms with E-state index in [1.54, 1.807) is 11.8 Å². The number of benzene rings is 1. The summed E-state index contributed by atoms with van der Waals surface area (Å²) in [6, 6.07) is 7.23. The van der Waals surface area contributed by atoms with Gasteiger partial charge >= 0.3 is 5.97 Å². The van der Waals surface area contributed by atoms with Crippen LogP contribution >= 0.6 is 11.8 Å². The Kier molecular flexibility index (Phi) is 5.89. The molecule has 1 heterocycles. The number of carbonyl (C=O) groups is 2. The van der Waals surface area contributed by atoms with Crippen LogP contribution in [0.4, 0.5) is 0 Å². The highest BCUT2D eigenvalue weighted by atomic mass is 32.2. The van der Waals surface area contributed by atoms with Crippen molar-refractivity contribution in [3.8, 4) is 0 Å². The van der Waals surface area contributed by atoms with Crippen molar-refractivity contribution in [3.05, 3.63) is 36.0 Å². The second kappa shape index (κ2) is 7.89. The number of nitrogens with one attached hydrogen (secondary N) is 2. The molecule has 0 aliphatic carbocycles. The van der Waals surface area contributed by atoms with E-state index in [-0.39, 0.29) is 12.3 Å². The van der Waals surface area contributed by atoms with E-state index in [0.29, 0.717) is 6.42 Å². The molecule has 0 aliphatic rings. The lowest BCUT2D eigenvalue weighted by Crippen LogP contribution is -2.42. The van der Waals surface area contributed by atoms with Crippen molar-refractivity contribution < 1.29 is 14.3 Å². The fraction of sp³-hybridized carbons (Fsp3) is 0.375. The minimum absolute atomic E-state index is 0.179. The highest BCUT2D eigenvalue weighted by Gasteiger charge is 2.21. The lowest BCUT2D eigenvalue weighted by atomic mass is 10.1. The predicted octanol–water partition coefficient (Wildman–Crippen LogP) is 2.12. The van der Waals surface area contributed by atoms with E-state index < -0.39 is 12.0 Å². The molecule has 1 aromatic carbocycles. The van der Waals surface area contributed by atoms with Crippen LogP contribution in [0.25, 0.3) is 10.9 Å². The SMILES string of the molecule is COC(=O)[C@@H](CCSC)NC(=O)Cc1c[nH]c2ccccc12. The molecule has 2 aromatic rings. The normalized spacial score (nSPS) is 12.1. The van der Waals surface area contributed by atoms with Crippen molar-refractivity contribution in [1.82, 2.24) is 10.3 Å². The van der Waals surface area contributed by atoms with Gasteiger partial charge in [0.05, 0.1) is 13.5 Å². The number of fused-ring (bicyclic) bond motifs is 1. The van der Waals surface area contributed by atoms with E-state index in [1.807, 2.05) is 36.7 Å². The van der Waals surface area contributed by atoms with Gasteiger partial charge in [0.2, 0.25) is 5.91 Å². The van der Waals surface area contributed by atoms with Crippen molar-refractivity contribution in [2.75, 3.05) is 19.1 Å². The first-order valence-corrected chi connectivity index (χ1v) is 8.46. The van der Waals surface area contributed by atoms with Gasteiger partial charge in [-0.15, -0.1) is 0 Å². The Morgan fingerprint density at radius 1 is 1.36 bits per heavy atom. The molecule has 0 unspecified atom stereocenters. The summed E-state index contributed by atoms with van der Waals surface area (Å²) in [6.07, 6.45) is 4.59. The second-order valence-electron chi connectivity index (χ2n) is 4.96. The molecule has 118 valence electrons. The van der Waals surface area contributed by atoms with E-state index in [0.717, 1.165) is 22.2 Å². The molecule has 0 spiro atoms. The number of H-pyrrole nitrogens is 1. The number of aromatic nitrogens is 1. The van der Waals surface area contributed by atoms with Gasteiger partial charge < -0.3 is 15.0 Å². The van der Waals surface area contributed by atoms with Gasteiger partial charge in [-0.1, -0.05) is 18.2 Å². The number of rotatable bonds is 7. The van der Waals surface area contributed by atoms with E-state index in [1.165, 1.54) is 7.11 Å². The van der Waals surface area contributed by atoms with Crippen LogP contribution in [0.15, 0.2) is 30.5 Å². The number of ether oxygens (including phenoxy) is 1. The molecule has 0 aliphatic heterocycles. The van der Waals surface area contributed by atoms with Crippen LogP contribution in [-0.2, 0) is 20.7 Å². The second-order valence-corrected chi connectivity index (χ2v) is 5.95. The number of hydrogen-bond acceptors (Lipinski definition) is 4. The van der Waals surface area contributed by atoms with Crippen molar-refractivity contribution in [2.24, 2.45) is 0 Å². The third kappa shape index (κ3) is 4.04. The lowest BCUT2D eigenvalue weighted by Gasteiger charge is -2.15. The molecule has 0 fully saturated rings. The quantitative estimate of drug-likeness (QED) is 0.767. The van der Waals surface area contributed by atoms with Crippen LogP contribution in [0.1, 0.15) is 12.0 Å². The summed E-state index contributed by atoms with van der Waals surface area (Å²) in [5.41, 5.74) is 1.92. The summed E-state index contributed by atoms with van der Waals surface area (Å²) >= 11 is 1.63. The highest BCUT2D eigenvalue weighted by molar-refractivity contribution is 7.98. The number of amides is 1. The van der Waals surface area contributed by atoms with Crippen LogP contribution in [-0.4, -0.2) is 42.0 Å². The van der Waals surface area contributed by atoms with Gasteiger partial charge in [0.25, 0.3) is 0 Å². The van der Waals surface area contributed by atoms with E-state index >= 15 is 0 Å². The molecular formula is C16H20N2O3S. The first-order chi connectivity index (χ1) is 10.7. The molecule has 6 heteroatoms. The van der Waals surface area contributed by atoms with Crippen LogP contribution in [0, 0.1) is 0 Å². The Balaban J connectivity index is 2.02. The Hall–Kier alpha value is -1.95. The number of aromatic amines is 1. The molecule has 0 radical (unpaired) electrons. The summed E-state index contributed by atoms with van der Waals surface area (Å²) in [7, 11) is 1.33. The molecule has 2 rings (SSSR count). The molecule has 1 aromatic heterocycles. The lowest BCUT2D eigenvalue weighted by molar-refractivity contribution is -0.145. The number of hydrogen-bond donors (Lipinski definition) is 2. The summed E-state index contributed by atoms with van der Waals surface area (Å²) in [4.78, 5) is 27.1. The van der Waals surface area contributed by atoms with E-state index in [4.69, 9.17) is 4.74 Å². The third-order valence-corrected chi connectivity index (χ3v) is 4.10. The molecule has 0 saturated carbocycles. The van der Waals surface area contributed by atoms with E-state index in [9.17, 15) is 9.59 Å². The summed E-state index contributed by atoms with van der Waals surface area (Å²) in [5.74, 6) is 0.204. The first kappa shape index (κ1) is 16.4. The van der Waals surface area contributed by atoms with Crippen molar-refractivity contribution in [1.29, 1.82) is 0 Å². The Bertz CT molecular complexity index is 654. The van der Waals surface area contributed by atoms with Gasteiger partial charge in [-0.3, -0.25) is 4.79 Å². The molecule has 1 atom stereocenters. The largest absolute Gasteiger partial charge is 0.467 e. The van der Waals surface area contributed by atoms with Gasteiger partial charge in [0.1, 0.15) is 6.04 Å². The zero-order valence-electron chi connectivity index (χ0n) is 12.7. The molecule has 22 heavy (non-hydrogen) atoms. The van der Waals surface area contributed by atoms with Crippen molar-refractivity contribution in [2.45, 2.75) is 18.9 Å². The standard InChI is InChI=1S/C16H20N2O3S/c1-21-16(20)14(7-8-22-2)18-15(19)9-11-10-17-13-6-4-3-5-12(11)13/h3-6,10,14,17H,7-9H2,1-2H3,(H,18,19)/t14-/m1/s1. The van der Waals surface area contributed by atoms with Crippen LogP contribution in [0.5, 0.6) is 0 Å². The highest BCUT2D eigenvalue weighted by Crippen LogP contribution is 2.18. The maximum Gasteiger partial charge on any atom is 0.328 e. The van der Waals surface area contributed by atoms with Gasteiger partial charge in [-0.25, -0.2) is 4.79 Å². The zero-order chi connectivity index (χ0) is 15.9. The summed E-state index contributed by atoms with van der Waals surface area (Å²) in [6.45, 7) is 0. The number of para-hydroxylation sites is 1. The summed E-state index contributed by atoms with van der Waals surface area (Å²) in [5, 5.41) is 3.79. The minimum Gasteiger partial charge on any atom is -0.467 e. The maximum atomic E-state index is 12.2. The zero-order valence-corrected chi connectivity index (χ0v) is 13.5. The first-order valence-electron chi connectivity index (χ1n) is 7.06. The fourth-order valence-corrected chi connectivity index (χ4v) is 2.79. The van der Waals surface area contributed by atoms with Gasteiger partial charge in [-0.2, -0.15) is 11.8 Å². The molecule has 0 bridgehead atoms. The Labute approximate surface area is 133 Å². The Morgan fingerprint density at radius 2 is 2.14 bits per heavy atom. The van der Waals surface area contributed by atoms with Gasteiger partial charge in [-0.05, 0) is 30.1 Å². The van der Waals surface area contributed by atoms with Crippen LogP contribution < -0.4 is 5.32 Å². The van der Waals surface area contributed by atoms with Crippen LogP contribution in [0.3, 0.4) is 0 Å². The average Bonchev–Trinajstić information content (AvgIpc) is 2.93. The average molecular weight is 320 g/mol. The molecular weight excluding hydrogens is 300 g/mol. The third-order valence-electron chi connectivity index (χ3n) is 3.46. The molecule has 0 saturated heterocycles. The number of esters is 1. The smallest absolute Gasteiger partial charge is 0.328 e. The number of thioether (sulfide) groups is 1. The summed E-state index contributed by atoms with van der Waals surface area (Å²) < 4.78 is 4.75. The minimum atomic E-state index is -0.588.